The quantitative estimate of drug-likeness (QED) is 0.291. The number of hydrazone groups is 1. The number of pyridine rings is 1. The first-order valence-corrected chi connectivity index (χ1v) is 9.63. The zero-order chi connectivity index (χ0) is 20.3. The molecule has 152 valence electrons. The number of halogens is 1. The molecule has 0 fully saturated rings. The lowest BCUT2D eigenvalue weighted by Gasteiger charge is -2.04. The molecule has 0 saturated carbocycles. The molecule has 5 nitrogen and oxygen atoms in total. The highest BCUT2D eigenvalue weighted by Crippen LogP contribution is 2.26. The third-order valence-corrected chi connectivity index (χ3v) is 5.07. The molecule has 0 unspecified atom stereocenters. The van der Waals surface area contributed by atoms with Gasteiger partial charge in [-0.15, -0.1) is 12.4 Å². The molecular weight excluding hydrogens is 408 g/mol. The molecule has 0 aliphatic heterocycles. The third kappa shape index (κ3) is 4.17. The van der Waals surface area contributed by atoms with Crippen molar-refractivity contribution in [1.29, 1.82) is 0 Å². The Balaban J connectivity index is 0.00000231. The van der Waals surface area contributed by atoms with Gasteiger partial charge in [0.1, 0.15) is 5.65 Å². The monoisotopic (exact) mass is 426 g/mol. The Morgan fingerprint density at radius 2 is 1.74 bits per heavy atom. The summed E-state index contributed by atoms with van der Waals surface area (Å²) in [5.41, 5.74) is 7.16. The van der Waals surface area contributed by atoms with Crippen LogP contribution >= 0.6 is 12.4 Å². The zero-order valence-electron chi connectivity index (χ0n) is 16.4. The Bertz CT molecular complexity index is 1390. The number of fused-ring (bicyclic) bond motifs is 2. The van der Waals surface area contributed by atoms with Gasteiger partial charge in [0.2, 0.25) is 0 Å². The van der Waals surface area contributed by atoms with Crippen molar-refractivity contribution in [2.24, 2.45) is 5.10 Å². The van der Waals surface area contributed by atoms with Crippen molar-refractivity contribution in [3.8, 4) is 11.1 Å². The maximum atomic E-state index is 12.4. The van der Waals surface area contributed by atoms with Crippen LogP contribution in [0.15, 0.2) is 96.4 Å². The van der Waals surface area contributed by atoms with E-state index in [1.54, 1.807) is 18.5 Å². The van der Waals surface area contributed by atoms with Crippen molar-refractivity contribution in [1.82, 2.24) is 15.4 Å². The molecule has 6 heteroatoms. The number of carbonyl (C=O) groups excluding carboxylic acids is 1. The van der Waals surface area contributed by atoms with E-state index in [0.29, 0.717) is 5.56 Å². The van der Waals surface area contributed by atoms with Gasteiger partial charge in [-0.05, 0) is 51.7 Å². The van der Waals surface area contributed by atoms with Crippen molar-refractivity contribution in [3.63, 3.8) is 0 Å². The number of amides is 1. The number of benzene rings is 3. The van der Waals surface area contributed by atoms with Crippen LogP contribution in [0.5, 0.6) is 0 Å². The van der Waals surface area contributed by atoms with Gasteiger partial charge >= 0.3 is 0 Å². The summed E-state index contributed by atoms with van der Waals surface area (Å²) in [6.07, 6.45) is 5.33. The van der Waals surface area contributed by atoms with Crippen LogP contribution in [0.4, 0.5) is 0 Å². The summed E-state index contributed by atoms with van der Waals surface area (Å²) >= 11 is 0. The van der Waals surface area contributed by atoms with Gasteiger partial charge in [-0.25, -0.2) is 10.4 Å². The number of aromatic amines is 1. The average Bonchev–Trinajstić information content (AvgIpc) is 3.28. The fourth-order valence-corrected chi connectivity index (χ4v) is 3.52. The van der Waals surface area contributed by atoms with Crippen LogP contribution in [-0.4, -0.2) is 22.1 Å². The predicted octanol–water partition coefficient (Wildman–Crippen LogP) is 5.57. The smallest absolute Gasteiger partial charge is 0.271 e. The minimum Gasteiger partial charge on any atom is -0.346 e. The van der Waals surface area contributed by atoms with Crippen LogP contribution < -0.4 is 5.43 Å². The van der Waals surface area contributed by atoms with E-state index < -0.39 is 0 Å². The molecule has 2 heterocycles. The molecule has 2 N–H and O–H groups in total. The number of hydrogen-bond donors (Lipinski definition) is 2. The molecular formula is C25H19ClN4O. The van der Waals surface area contributed by atoms with E-state index >= 15 is 0 Å². The number of nitrogens with zero attached hydrogens (tertiary/aromatic N) is 2. The normalized spacial score (nSPS) is 11.0. The van der Waals surface area contributed by atoms with Crippen LogP contribution in [0.25, 0.3) is 32.9 Å². The van der Waals surface area contributed by atoms with Gasteiger partial charge in [0.15, 0.2) is 0 Å². The van der Waals surface area contributed by atoms with Crippen molar-refractivity contribution in [2.45, 2.75) is 0 Å². The van der Waals surface area contributed by atoms with Gasteiger partial charge < -0.3 is 4.98 Å². The molecule has 0 saturated heterocycles. The molecule has 0 radical (unpaired) electrons. The van der Waals surface area contributed by atoms with Crippen LogP contribution in [0.1, 0.15) is 15.9 Å². The number of rotatable bonds is 4. The van der Waals surface area contributed by atoms with Gasteiger partial charge in [-0.1, -0.05) is 54.6 Å². The molecule has 5 aromatic rings. The largest absolute Gasteiger partial charge is 0.346 e. The van der Waals surface area contributed by atoms with E-state index in [-0.39, 0.29) is 18.3 Å². The first kappa shape index (κ1) is 20.3. The van der Waals surface area contributed by atoms with E-state index in [1.165, 1.54) is 0 Å². The molecule has 31 heavy (non-hydrogen) atoms. The van der Waals surface area contributed by atoms with E-state index in [4.69, 9.17) is 0 Å². The Morgan fingerprint density at radius 3 is 2.58 bits per heavy atom. The second-order valence-electron chi connectivity index (χ2n) is 6.98. The Labute approximate surface area is 185 Å². The first-order chi connectivity index (χ1) is 14.8. The minimum absolute atomic E-state index is 0. The van der Waals surface area contributed by atoms with Crippen molar-refractivity contribution in [2.75, 3.05) is 0 Å². The summed E-state index contributed by atoms with van der Waals surface area (Å²) in [6.45, 7) is 0. The summed E-state index contributed by atoms with van der Waals surface area (Å²) < 4.78 is 0. The van der Waals surface area contributed by atoms with E-state index in [1.807, 2.05) is 79.0 Å². The van der Waals surface area contributed by atoms with Gasteiger partial charge in [0.25, 0.3) is 5.91 Å². The molecule has 5 rings (SSSR count). The van der Waals surface area contributed by atoms with Crippen LogP contribution in [0, 0.1) is 0 Å². The van der Waals surface area contributed by atoms with Crippen molar-refractivity contribution < 1.29 is 4.79 Å². The van der Waals surface area contributed by atoms with E-state index in [0.717, 1.165) is 38.5 Å². The highest BCUT2D eigenvalue weighted by atomic mass is 35.5. The SMILES string of the molecule is Cl.O=C(N/N=C/c1ccc(-c2ccnc3[nH]ccc23)cc1)c1ccc2ccccc2c1. The van der Waals surface area contributed by atoms with Gasteiger partial charge in [0, 0.05) is 23.3 Å². The van der Waals surface area contributed by atoms with E-state index in [2.05, 4.69) is 20.5 Å². The zero-order valence-corrected chi connectivity index (χ0v) is 17.3. The summed E-state index contributed by atoms with van der Waals surface area (Å²) in [5.74, 6) is -0.236. The summed E-state index contributed by atoms with van der Waals surface area (Å²) in [6, 6.07) is 25.6. The standard InChI is InChI=1S/C25H18N4O.ClH/c30-25(21-10-9-18-3-1-2-4-20(18)15-21)29-28-16-17-5-7-19(8-6-17)22-11-13-26-24-23(22)12-14-27-24;/h1-16H,(H,26,27)(H,29,30);1H/b28-16+;. The average molecular weight is 427 g/mol. The first-order valence-electron chi connectivity index (χ1n) is 9.63. The predicted molar refractivity (Wildman–Crippen MR) is 128 cm³/mol. The van der Waals surface area contributed by atoms with Crippen LogP contribution in [0.2, 0.25) is 0 Å². The summed E-state index contributed by atoms with van der Waals surface area (Å²) in [7, 11) is 0. The number of carbonyl (C=O) groups is 1. The van der Waals surface area contributed by atoms with Gasteiger partial charge in [-0.3, -0.25) is 4.79 Å². The Hall–Kier alpha value is -3.96. The third-order valence-electron chi connectivity index (χ3n) is 5.07. The highest BCUT2D eigenvalue weighted by Gasteiger charge is 2.06. The second-order valence-corrected chi connectivity index (χ2v) is 6.98. The molecule has 0 aliphatic carbocycles. The number of nitrogens with one attached hydrogen (secondary N) is 2. The van der Waals surface area contributed by atoms with Crippen molar-refractivity contribution >= 4 is 46.3 Å². The van der Waals surface area contributed by atoms with Gasteiger partial charge in [0.05, 0.1) is 6.21 Å². The van der Waals surface area contributed by atoms with Crippen LogP contribution in [0.3, 0.4) is 0 Å². The maximum Gasteiger partial charge on any atom is 0.271 e. The van der Waals surface area contributed by atoms with E-state index in [9.17, 15) is 4.79 Å². The number of hydrogen-bond acceptors (Lipinski definition) is 3. The molecule has 0 bridgehead atoms. The molecule has 0 aliphatic rings. The molecule has 2 aromatic heterocycles. The fraction of sp³-hybridized carbons (Fsp3) is 0. The molecule has 0 atom stereocenters. The molecule has 0 spiro atoms. The lowest BCUT2D eigenvalue weighted by molar-refractivity contribution is 0.0955. The van der Waals surface area contributed by atoms with Crippen LogP contribution in [-0.2, 0) is 0 Å². The Kier molecular flexibility index (Phi) is 5.78. The molecule has 3 aromatic carbocycles. The number of aromatic nitrogens is 2. The second kappa shape index (κ2) is 8.81. The lowest BCUT2D eigenvalue weighted by atomic mass is 10.0. The lowest BCUT2D eigenvalue weighted by Crippen LogP contribution is -2.17. The summed E-state index contributed by atoms with van der Waals surface area (Å²) in [5, 5.41) is 7.31. The molecule has 1 amide bonds. The minimum atomic E-state index is -0.236. The van der Waals surface area contributed by atoms with Crippen molar-refractivity contribution in [3.05, 3.63) is 102 Å². The maximum absolute atomic E-state index is 12.4. The van der Waals surface area contributed by atoms with Gasteiger partial charge in [-0.2, -0.15) is 5.10 Å². The summed E-state index contributed by atoms with van der Waals surface area (Å²) in [4.78, 5) is 19.8. The number of H-pyrrole nitrogens is 1. The Morgan fingerprint density at radius 1 is 0.935 bits per heavy atom. The topological polar surface area (TPSA) is 70.1 Å². The fourth-order valence-electron chi connectivity index (χ4n) is 3.52. The highest BCUT2D eigenvalue weighted by molar-refractivity contribution is 5.99.